The molecule has 3 aromatic rings. The van der Waals surface area contributed by atoms with E-state index in [-0.39, 0.29) is 4.21 Å². The minimum atomic E-state index is -3.59. The molecule has 1 N–H and O–H groups in total. The summed E-state index contributed by atoms with van der Waals surface area (Å²) in [5.41, 5.74) is 0.523. The molecule has 21 heavy (non-hydrogen) atoms. The summed E-state index contributed by atoms with van der Waals surface area (Å²) < 4.78 is 28.7. The molecule has 0 fully saturated rings. The van der Waals surface area contributed by atoms with Crippen molar-refractivity contribution in [2.45, 2.75) is 4.21 Å². The van der Waals surface area contributed by atoms with Gasteiger partial charge in [-0.25, -0.2) is 8.42 Å². The Balaban J connectivity index is 1.96. The van der Waals surface area contributed by atoms with Crippen LogP contribution < -0.4 is 4.72 Å². The third-order valence-corrected chi connectivity index (χ3v) is 6.47. The molecule has 0 aliphatic heterocycles. The van der Waals surface area contributed by atoms with Gasteiger partial charge < -0.3 is 0 Å². The van der Waals surface area contributed by atoms with E-state index in [2.05, 4.69) is 20.7 Å². The third-order valence-electron chi connectivity index (χ3n) is 2.87. The zero-order chi connectivity index (χ0) is 15.0. The number of nitrogens with one attached hydrogen (secondary N) is 1. The first-order valence-electron chi connectivity index (χ1n) is 5.91. The molecule has 0 aliphatic rings. The molecule has 3 rings (SSSR count). The van der Waals surface area contributed by atoms with Crippen LogP contribution in [-0.2, 0) is 10.0 Å². The zero-order valence-electron chi connectivity index (χ0n) is 10.5. The van der Waals surface area contributed by atoms with Gasteiger partial charge in [-0.05, 0) is 47.2 Å². The average Bonchev–Trinajstić information content (AvgIpc) is 2.86. The SMILES string of the molecule is O=S(=O)(Nc1ccc2cc(Br)ccc2c1)c1ccc(Cl)s1. The maximum atomic E-state index is 12.2. The Hall–Kier alpha value is -1.08. The summed E-state index contributed by atoms with van der Waals surface area (Å²) in [4.78, 5) is 0. The molecule has 2 aromatic carbocycles. The molecule has 0 aliphatic carbocycles. The molecule has 1 aromatic heterocycles. The van der Waals surface area contributed by atoms with E-state index in [0.29, 0.717) is 10.0 Å². The lowest BCUT2D eigenvalue weighted by atomic mass is 10.1. The zero-order valence-corrected chi connectivity index (χ0v) is 14.5. The van der Waals surface area contributed by atoms with E-state index >= 15 is 0 Å². The van der Waals surface area contributed by atoms with Gasteiger partial charge in [0.05, 0.1) is 4.34 Å². The van der Waals surface area contributed by atoms with Crippen LogP contribution >= 0.6 is 38.9 Å². The van der Waals surface area contributed by atoms with Gasteiger partial charge in [-0.15, -0.1) is 11.3 Å². The molecule has 7 heteroatoms. The molecule has 0 amide bonds. The van der Waals surface area contributed by atoms with Gasteiger partial charge in [0.15, 0.2) is 0 Å². The molecule has 3 nitrogen and oxygen atoms in total. The van der Waals surface area contributed by atoms with Crippen molar-refractivity contribution in [3.63, 3.8) is 0 Å². The molecule has 108 valence electrons. The first-order valence-corrected chi connectivity index (χ1v) is 9.39. The highest BCUT2D eigenvalue weighted by molar-refractivity contribution is 9.10. The topological polar surface area (TPSA) is 46.2 Å². The maximum Gasteiger partial charge on any atom is 0.271 e. The molecule has 1 heterocycles. The minimum absolute atomic E-state index is 0.198. The summed E-state index contributed by atoms with van der Waals surface area (Å²) in [7, 11) is -3.59. The van der Waals surface area contributed by atoms with Gasteiger partial charge >= 0.3 is 0 Å². The molecule has 0 atom stereocenters. The number of hydrogen-bond donors (Lipinski definition) is 1. The number of rotatable bonds is 3. The molecule has 0 radical (unpaired) electrons. The van der Waals surface area contributed by atoms with E-state index in [0.717, 1.165) is 26.6 Å². The van der Waals surface area contributed by atoms with Crippen molar-refractivity contribution in [1.29, 1.82) is 0 Å². The van der Waals surface area contributed by atoms with E-state index in [1.807, 2.05) is 24.3 Å². The smallest absolute Gasteiger partial charge is 0.271 e. The lowest BCUT2D eigenvalue weighted by molar-refractivity contribution is 0.603. The Morgan fingerprint density at radius 3 is 2.43 bits per heavy atom. The molecular weight excluding hydrogens is 394 g/mol. The third kappa shape index (κ3) is 3.23. The van der Waals surface area contributed by atoms with Crippen molar-refractivity contribution in [3.8, 4) is 0 Å². The van der Waals surface area contributed by atoms with Crippen LogP contribution in [0.1, 0.15) is 0 Å². The molecule has 0 saturated heterocycles. The predicted molar refractivity (Wildman–Crippen MR) is 91.8 cm³/mol. The van der Waals surface area contributed by atoms with Crippen LogP contribution in [0.2, 0.25) is 4.34 Å². The summed E-state index contributed by atoms with van der Waals surface area (Å²) in [5, 5.41) is 1.99. The van der Waals surface area contributed by atoms with Gasteiger partial charge in [0.25, 0.3) is 10.0 Å². The highest BCUT2D eigenvalue weighted by Crippen LogP contribution is 2.28. The normalized spacial score (nSPS) is 11.7. The summed E-state index contributed by atoms with van der Waals surface area (Å²) in [5.74, 6) is 0. The van der Waals surface area contributed by atoms with Crippen LogP contribution in [0.25, 0.3) is 10.8 Å². The average molecular weight is 403 g/mol. The highest BCUT2D eigenvalue weighted by Gasteiger charge is 2.16. The number of fused-ring (bicyclic) bond motifs is 1. The second-order valence-corrected chi connectivity index (χ2v) is 8.91. The van der Waals surface area contributed by atoms with Crippen LogP contribution in [0.4, 0.5) is 5.69 Å². The van der Waals surface area contributed by atoms with Crippen LogP contribution in [0, 0.1) is 0 Å². The van der Waals surface area contributed by atoms with Gasteiger partial charge in [-0.2, -0.15) is 0 Å². The second-order valence-electron chi connectivity index (χ2n) is 4.37. The van der Waals surface area contributed by atoms with E-state index in [1.54, 1.807) is 18.2 Å². The summed E-state index contributed by atoms with van der Waals surface area (Å²) >= 11 is 10.2. The number of benzene rings is 2. The first-order chi connectivity index (χ1) is 9.94. The highest BCUT2D eigenvalue weighted by atomic mass is 79.9. The second kappa shape index (κ2) is 5.61. The van der Waals surface area contributed by atoms with Crippen molar-refractivity contribution >= 4 is 65.4 Å². The maximum absolute atomic E-state index is 12.2. The Kier molecular flexibility index (Phi) is 3.96. The lowest BCUT2D eigenvalue weighted by Gasteiger charge is -2.07. The van der Waals surface area contributed by atoms with Crippen LogP contribution in [0.3, 0.4) is 0 Å². The van der Waals surface area contributed by atoms with Crippen LogP contribution in [-0.4, -0.2) is 8.42 Å². The fraction of sp³-hybridized carbons (Fsp3) is 0. The number of halogens is 2. The van der Waals surface area contributed by atoms with Crippen molar-refractivity contribution in [2.24, 2.45) is 0 Å². The van der Waals surface area contributed by atoms with Crippen molar-refractivity contribution in [1.82, 2.24) is 0 Å². The first kappa shape index (κ1) is 14.8. The molecule has 0 saturated carbocycles. The van der Waals surface area contributed by atoms with Gasteiger partial charge in [-0.3, -0.25) is 4.72 Å². The summed E-state index contributed by atoms with van der Waals surface area (Å²) in [6.07, 6.45) is 0. The van der Waals surface area contributed by atoms with Gasteiger partial charge in [0, 0.05) is 10.2 Å². The molecular formula is C14H9BrClNO2S2. The molecule has 0 spiro atoms. The standard InChI is InChI=1S/C14H9BrClNO2S2/c15-11-3-1-10-8-12(4-2-9(10)7-11)17-21(18,19)14-6-5-13(16)20-14/h1-8,17H. The Morgan fingerprint density at radius 1 is 1.00 bits per heavy atom. The summed E-state index contributed by atoms with van der Waals surface area (Å²) in [6.45, 7) is 0. The number of hydrogen-bond acceptors (Lipinski definition) is 3. The van der Waals surface area contributed by atoms with E-state index < -0.39 is 10.0 Å². The minimum Gasteiger partial charge on any atom is -0.279 e. The molecule has 0 bridgehead atoms. The fourth-order valence-corrected chi connectivity index (χ4v) is 4.84. The van der Waals surface area contributed by atoms with Gasteiger partial charge in [0.1, 0.15) is 4.21 Å². The quantitative estimate of drug-likeness (QED) is 0.661. The number of anilines is 1. The fourth-order valence-electron chi connectivity index (χ4n) is 1.93. The van der Waals surface area contributed by atoms with Crippen molar-refractivity contribution in [2.75, 3.05) is 4.72 Å². The van der Waals surface area contributed by atoms with E-state index in [9.17, 15) is 8.42 Å². The monoisotopic (exact) mass is 401 g/mol. The summed E-state index contributed by atoms with van der Waals surface area (Å²) in [6, 6.07) is 14.3. The van der Waals surface area contributed by atoms with E-state index in [4.69, 9.17) is 11.6 Å². The number of sulfonamides is 1. The Morgan fingerprint density at radius 2 is 1.71 bits per heavy atom. The van der Waals surface area contributed by atoms with Crippen molar-refractivity contribution in [3.05, 3.63) is 57.3 Å². The lowest BCUT2D eigenvalue weighted by Crippen LogP contribution is -2.11. The largest absolute Gasteiger partial charge is 0.279 e. The predicted octanol–water partition coefficient (Wildman–Crippen LogP) is 5.12. The van der Waals surface area contributed by atoms with Crippen LogP contribution in [0.5, 0.6) is 0 Å². The van der Waals surface area contributed by atoms with Crippen molar-refractivity contribution < 1.29 is 8.42 Å². The van der Waals surface area contributed by atoms with Gasteiger partial charge in [-0.1, -0.05) is 39.7 Å². The van der Waals surface area contributed by atoms with Gasteiger partial charge in [0.2, 0.25) is 0 Å². The van der Waals surface area contributed by atoms with Crippen LogP contribution in [0.15, 0.2) is 57.2 Å². The molecule has 0 unspecified atom stereocenters. The number of thiophene rings is 1. The Labute approximate surface area is 139 Å². The van der Waals surface area contributed by atoms with E-state index in [1.165, 1.54) is 6.07 Å². The Bertz CT molecular complexity index is 922.